The quantitative estimate of drug-likeness (QED) is 0.766. The molecule has 0 radical (unpaired) electrons. The molecule has 0 aliphatic carbocycles. The maximum Gasteiger partial charge on any atom is 0.251 e. The zero-order valence-electron chi connectivity index (χ0n) is 14.8. The van der Waals surface area contributed by atoms with Crippen molar-refractivity contribution >= 4 is 32.6 Å². The molecule has 1 saturated heterocycles. The van der Waals surface area contributed by atoms with Gasteiger partial charge in [-0.2, -0.15) is 0 Å². The highest BCUT2D eigenvalue weighted by Crippen LogP contribution is 2.29. The monoisotopic (exact) mass is 363 g/mol. The van der Waals surface area contributed by atoms with Crippen LogP contribution in [0.15, 0.2) is 18.2 Å². The lowest BCUT2D eigenvalue weighted by Crippen LogP contribution is -2.36. The number of amides is 1. The highest BCUT2D eigenvalue weighted by atomic mass is 32.1. The van der Waals surface area contributed by atoms with Gasteiger partial charge in [-0.3, -0.25) is 4.79 Å². The van der Waals surface area contributed by atoms with E-state index < -0.39 is 0 Å². The molecule has 1 N–H and O–H groups in total. The lowest BCUT2D eigenvalue weighted by Gasteiger charge is -2.25. The molecule has 136 valence electrons. The van der Waals surface area contributed by atoms with Crippen LogP contribution in [-0.2, 0) is 9.47 Å². The van der Waals surface area contributed by atoms with Gasteiger partial charge >= 0.3 is 0 Å². The number of morpholine rings is 1. The van der Waals surface area contributed by atoms with E-state index in [-0.39, 0.29) is 12.0 Å². The maximum absolute atomic E-state index is 12.3. The highest BCUT2D eigenvalue weighted by Gasteiger charge is 2.16. The van der Waals surface area contributed by atoms with Crippen LogP contribution in [0, 0.1) is 0 Å². The molecule has 1 aromatic heterocycles. The van der Waals surface area contributed by atoms with Gasteiger partial charge in [0, 0.05) is 31.8 Å². The number of ether oxygens (including phenoxy) is 2. The molecule has 1 aliphatic heterocycles. The molecule has 0 saturated carbocycles. The highest BCUT2D eigenvalue weighted by molar-refractivity contribution is 7.22. The molecule has 0 unspecified atom stereocenters. The van der Waals surface area contributed by atoms with Crippen molar-refractivity contribution in [1.82, 2.24) is 10.3 Å². The molecule has 1 aromatic carbocycles. The molecule has 2 heterocycles. The second-order valence-electron chi connectivity index (χ2n) is 6.31. The van der Waals surface area contributed by atoms with Crippen molar-refractivity contribution in [2.45, 2.75) is 26.4 Å². The second kappa shape index (κ2) is 8.60. The zero-order valence-corrected chi connectivity index (χ0v) is 15.6. The van der Waals surface area contributed by atoms with E-state index >= 15 is 0 Å². The molecule has 0 bridgehead atoms. The largest absolute Gasteiger partial charge is 0.379 e. The maximum atomic E-state index is 12.3. The Morgan fingerprint density at radius 1 is 1.40 bits per heavy atom. The second-order valence-corrected chi connectivity index (χ2v) is 7.32. The Kier molecular flexibility index (Phi) is 6.23. The van der Waals surface area contributed by atoms with Crippen molar-refractivity contribution in [2.24, 2.45) is 0 Å². The zero-order chi connectivity index (χ0) is 17.6. The number of rotatable bonds is 7. The van der Waals surface area contributed by atoms with Crippen molar-refractivity contribution < 1.29 is 14.3 Å². The molecule has 0 atom stereocenters. The Hall–Kier alpha value is -1.70. The fourth-order valence-corrected chi connectivity index (χ4v) is 3.70. The van der Waals surface area contributed by atoms with E-state index in [0.29, 0.717) is 18.7 Å². The van der Waals surface area contributed by atoms with Crippen LogP contribution in [0.2, 0.25) is 0 Å². The average Bonchev–Trinajstić information content (AvgIpc) is 3.05. The third kappa shape index (κ3) is 4.90. The smallest absolute Gasteiger partial charge is 0.251 e. The minimum Gasteiger partial charge on any atom is -0.379 e. The van der Waals surface area contributed by atoms with Crippen LogP contribution in [0.1, 0.15) is 30.6 Å². The van der Waals surface area contributed by atoms with Gasteiger partial charge in [0.15, 0.2) is 5.13 Å². The van der Waals surface area contributed by atoms with E-state index in [2.05, 4.69) is 15.2 Å². The molecule has 2 aromatic rings. The summed E-state index contributed by atoms with van der Waals surface area (Å²) in [5.41, 5.74) is 1.61. The lowest BCUT2D eigenvalue weighted by molar-refractivity contribution is 0.0757. The number of hydrogen-bond acceptors (Lipinski definition) is 6. The van der Waals surface area contributed by atoms with E-state index in [9.17, 15) is 4.79 Å². The summed E-state index contributed by atoms with van der Waals surface area (Å²) in [4.78, 5) is 19.2. The predicted molar refractivity (Wildman–Crippen MR) is 101 cm³/mol. The number of aromatic nitrogens is 1. The molecule has 25 heavy (non-hydrogen) atoms. The summed E-state index contributed by atoms with van der Waals surface area (Å²) in [5.74, 6) is -0.0484. The third-order valence-electron chi connectivity index (χ3n) is 3.98. The minimum absolute atomic E-state index is 0.0484. The molecule has 0 spiro atoms. The van der Waals surface area contributed by atoms with Gasteiger partial charge in [-0.05, 0) is 38.5 Å². The molecule has 1 amide bonds. The van der Waals surface area contributed by atoms with Gasteiger partial charge in [0.2, 0.25) is 0 Å². The van der Waals surface area contributed by atoms with Gasteiger partial charge in [0.05, 0.1) is 29.5 Å². The van der Waals surface area contributed by atoms with Crippen molar-refractivity contribution in [3.63, 3.8) is 0 Å². The summed E-state index contributed by atoms with van der Waals surface area (Å²) in [6.07, 6.45) is 1.04. The van der Waals surface area contributed by atoms with E-state index in [4.69, 9.17) is 9.47 Å². The van der Waals surface area contributed by atoms with Gasteiger partial charge in [0.1, 0.15) is 0 Å². The number of nitrogens with one attached hydrogen (secondary N) is 1. The summed E-state index contributed by atoms with van der Waals surface area (Å²) < 4.78 is 11.9. The van der Waals surface area contributed by atoms with Crippen LogP contribution in [0.25, 0.3) is 10.2 Å². The Labute approximate surface area is 152 Å². The number of thiazole rings is 1. The summed E-state index contributed by atoms with van der Waals surface area (Å²) in [5, 5.41) is 3.95. The topological polar surface area (TPSA) is 63.7 Å². The van der Waals surface area contributed by atoms with E-state index in [1.54, 1.807) is 11.3 Å². The van der Waals surface area contributed by atoms with Gasteiger partial charge in [0.25, 0.3) is 5.91 Å². The number of carbonyl (C=O) groups excluding carboxylic acids is 1. The van der Waals surface area contributed by atoms with E-state index in [1.807, 2.05) is 32.0 Å². The molecule has 6 nitrogen and oxygen atoms in total. The van der Waals surface area contributed by atoms with Crippen molar-refractivity contribution in [1.29, 1.82) is 0 Å². The SMILES string of the molecule is CC(C)OCCCNC(=O)c1ccc2nc(N3CCOCC3)sc2c1. The first-order chi connectivity index (χ1) is 12.1. The number of benzene rings is 1. The molecular formula is C18H25N3O3S. The van der Waals surface area contributed by atoms with Crippen LogP contribution in [0.3, 0.4) is 0 Å². The Balaban J connectivity index is 1.59. The number of carbonyl (C=O) groups is 1. The van der Waals surface area contributed by atoms with Crippen molar-refractivity contribution in [2.75, 3.05) is 44.4 Å². The molecule has 3 rings (SSSR count). The first-order valence-corrected chi connectivity index (χ1v) is 9.58. The standard InChI is InChI=1S/C18H25N3O3S/c1-13(2)24-9-3-6-19-17(22)14-4-5-15-16(12-14)25-18(20-15)21-7-10-23-11-8-21/h4-5,12-13H,3,6-11H2,1-2H3,(H,19,22). The number of anilines is 1. The summed E-state index contributed by atoms with van der Waals surface area (Å²) in [6, 6.07) is 5.69. The summed E-state index contributed by atoms with van der Waals surface area (Å²) in [7, 11) is 0. The van der Waals surface area contributed by atoms with Gasteiger partial charge < -0.3 is 19.7 Å². The van der Waals surface area contributed by atoms with Gasteiger partial charge in [-0.15, -0.1) is 0 Å². The minimum atomic E-state index is -0.0484. The Morgan fingerprint density at radius 3 is 2.96 bits per heavy atom. The normalized spacial score (nSPS) is 15.1. The molecule has 1 aliphatic rings. The molecular weight excluding hydrogens is 338 g/mol. The van der Waals surface area contributed by atoms with Crippen LogP contribution < -0.4 is 10.2 Å². The van der Waals surface area contributed by atoms with Crippen molar-refractivity contribution in [3.8, 4) is 0 Å². The average molecular weight is 363 g/mol. The van der Waals surface area contributed by atoms with Gasteiger partial charge in [-0.25, -0.2) is 4.98 Å². The first-order valence-electron chi connectivity index (χ1n) is 8.76. The molecule has 7 heteroatoms. The van der Waals surface area contributed by atoms with Crippen molar-refractivity contribution in [3.05, 3.63) is 23.8 Å². The van der Waals surface area contributed by atoms with Crippen LogP contribution >= 0.6 is 11.3 Å². The summed E-state index contributed by atoms with van der Waals surface area (Å²) >= 11 is 1.63. The summed E-state index contributed by atoms with van der Waals surface area (Å²) in [6.45, 7) is 8.51. The van der Waals surface area contributed by atoms with Crippen LogP contribution in [0.4, 0.5) is 5.13 Å². The molecule has 1 fully saturated rings. The Bertz CT molecular complexity index is 711. The predicted octanol–water partition coefficient (Wildman–Crippen LogP) is 2.68. The first kappa shape index (κ1) is 18.1. The third-order valence-corrected chi connectivity index (χ3v) is 5.06. The Morgan fingerprint density at radius 2 is 2.20 bits per heavy atom. The fraction of sp³-hybridized carbons (Fsp3) is 0.556. The van der Waals surface area contributed by atoms with E-state index in [0.717, 1.165) is 48.1 Å². The van der Waals surface area contributed by atoms with Crippen LogP contribution in [-0.4, -0.2) is 56.5 Å². The number of nitrogens with zero attached hydrogens (tertiary/aromatic N) is 2. The lowest BCUT2D eigenvalue weighted by atomic mass is 10.2. The van der Waals surface area contributed by atoms with Gasteiger partial charge in [-0.1, -0.05) is 11.3 Å². The number of fused-ring (bicyclic) bond motifs is 1. The van der Waals surface area contributed by atoms with E-state index in [1.165, 1.54) is 0 Å². The number of hydrogen-bond donors (Lipinski definition) is 1. The van der Waals surface area contributed by atoms with Crippen LogP contribution in [0.5, 0.6) is 0 Å². The fourth-order valence-electron chi connectivity index (χ4n) is 2.64.